The average Bonchev–Trinajstić information content (AvgIpc) is 3.11. The number of rotatable bonds is 2. The van der Waals surface area contributed by atoms with E-state index in [-0.39, 0.29) is 0 Å². The molecule has 0 saturated carbocycles. The van der Waals surface area contributed by atoms with Gasteiger partial charge >= 0.3 is 123 Å². The topological polar surface area (TPSA) is 18.8 Å². The van der Waals surface area contributed by atoms with Crippen LogP contribution >= 0.6 is 0 Å². The summed E-state index contributed by atoms with van der Waals surface area (Å²) in [6.07, 6.45) is 1.96. The van der Waals surface area contributed by atoms with Crippen molar-refractivity contribution in [2.75, 3.05) is 18.1 Å². The first-order chi connectivity index (χ1) is 9.86. The Morgan fingerprint density at radius 3 is 2.80 bits per heavy atom. The van der Waals surface area contributed by atoms with E-state index in [1.54, 1.807) is 0 Å². The molecule has 0 atom stereocenters. The summed E-state index contributed by atoms with van der Waals surface area (Å²) in [4.78, 5) is 2.26. The molecule has 0 N–H and O–H groups in total. The first-order valence-electron chi connectivity index (χ1n) is 6.83. The van der Waals surface area contributed by atoms with Crippen molar-refractivity contribution in [3.8, 4) is 0 Å². The maximum absolute atomic E-state index is 4.43. The van der Waals surface area contributed by atoms with Gasteiger partial charge in [0.05, 0.1) is 0 Å². The van der Waals surface area contributed by atoms with Gasteiger partial charge in [-0.05, 0) is 0 Å². The summed E-state index contributed by atoms with van der Waals surface area (Å²) < 4.78 is 2.98. The van der Waals surface area contributed by atoms with Crippen molar-refractivity contribution in [1.29, 1.82) is 0 Å². The van der Waals surface area contributed by atoms with Gasteiger partial charge in [-0.1, -0.05) is 0 Å². The van der Waals surface area contributed by atoms with Gasteiger partial charge in [0.15, 0.2) is 0 Å². The van der Waals surface area contributed by atoms with E-state index in [9.17, 15) is 0 Å². The molecule has 0 spiro atoms. The molecule has 4 rings (SSSR count). The molecule has 0 saturated heterocycles. The molecule has 1 aromatic heterocycles. The third-order valence-electron chi connectivity index (χ3n) is 3.73. The van der Waals surface area contributed by atoms with E-state index in [1.807, 2.05) is 6.34 Å². The predicted octanol–water partition coefficient (Wildman–Crippen LogP) is 3.09. The summed E-state index contributed by atoms with van der Waals surface area (Å²) in [7, 11) is 0. The van der Waals surface area contributed by atoms with E-state index in [4.69, 9.17) is 0 Å². The predicted molar refractivity (Wildman–Crippen MR) is 86.6 cm³/mol. The van der Waals surface area contributed by atoms with Crippen LogP contribution in [0.1, 0.15) is 6.92 Å². The molecule has 2 aromatic carbocycles. The zero-order valence-electron chi connectivity index (χ0n) is 11.3. The Kier molecular flexibility index (Phi) is 2.79. The van der Waals surface area contributed by atoms with Crippen LogP contribution in [-0.2, 0) is 0 Å². The number of benzene rings is 2. The summed E-state index contributed by atoms with van der Waals surface area (Å²) >= 11 is 0.399. The minimum absolute atomic E-state index is 0.399. The molecule has 4 heteroatoms. The van der Waals surface area contributed by atoms with Crippen molar-refractivity contribution >= 4 is 45.8 Å². The van der Waals surface area contributed by atoms with Crippen LogP contribution in [0.15, 0.2) is 47.6 Å². The molecule has 1 aliphatic heterocycles. The van der Waals surface area contributed by atoms with Crippen LogP contribution in [0.3, 0.4) is 0 Å². The fraction of sp³-hybridized carbons (Fsp3) is 0.188. The molecular formula is C16H15N3Se. The van der Waals surface area contributed by atoms with Crippen LogP contribution < -0.4 is 4.90 Å². The van der Waals surface area contributed by atoms with Gasteiger partial charge in [-0.2, -0.15) is 0 Å². The summed E-state index contributed by atoms with van der Waals surface area (Å²) in [5.74, 6) is 0. The number of nitrogens with zero attached hydrogens (tertiary/aromatic N) is 3. The standard InChI is InChI=1S/C16H15N3Se/c1-2-19-11-18(10-17-19)14-8-5-7-13-12-6-3-4-9-15(12)20-16(13)14/h3-10H,2,11H2,1H3. The summed E-state index contributed by atoms with van der Waals surface area (Å²) in [5.41, 5.74) is 1.32. The number of fused-ring (bicyclic) bond motifs is 3. The van der Waals surface area contributed by atoms with E-state index in [0.29, 0.717) is 14.5 Å². The Labute approximate surface area is 123 Å². The summed E-state index contributed by atoms with van der Waals surface area (Å²) in [6, 6.07) is 15.4. The van der Waals surface area contributed by atoms with Crippen LogP contribution in [0.5, 0.6) is 0 Å². The van der Waals surface area contributed by atoms with Crippen LogP contribution in [-0.4, -0.2) is 39.1 Å². The Bertz CT molecular complexity index is 806. The van der Waals surface area contributed by atoms with Crippen molar-refractivity contribution in [2.45, 2.75) is 6.92 Å². The monoisotopic (exact) mass is 329 g/mol. The number of hydrogen-bond donors (Lipinski definition) is 0. The Hall–Kier alpha value is -1.77. The minimum atomic E-state index is 0.399. The van der Waals surface area contributed by atoms with E-state index in [0.717, 1.165) is 13.2 Å². The molecule has 2 heterocycles. The normalized spacial score (nSPS) is 14.8. The van der Waals surface area contributed by atoms with Gasteiger partial charge in [-0.25, -0.2) is 0 Å². The number of hydrogen-bond acceptors (Lipinski definition) is 3. The summed E-state index contributed by atoms with van der Waals surface area (Å²) in [6.45, 7) is 3.95. The molecule has 0 radical (unpaired) electrons. The van der Waals surface area contributed by atoms with Crippen molar-refractivity contribution in [2.24, 2.45) is 5.10 Å². The third-order valence-corrected chi connectivity index (χ3v) is 6.26. The Morgan fingerprint density at radius 1 is 1.10 bits per heavy atom. The van der Waals surface area contributed by atoms with Crippen molar-refractivity contribution < 1.29 is 0 Å². The molecule has 3 nitrogen and oxygen atoms in total. The zero-order chi connectivity index (χ0) is 13.5. The first kappa shape index (κ1) is 12.0. The van der Waals surface area contributed by atoms with Gasteiger partial charge in [0.1, 0.15) is 0 Å². The average molecular weight is 328 g/mol. The van der Waals surface area contributed by atoms with Gasteiger partial charge in [-0.3, -0.25) is 0 Å². The molecule has 0 unspecified atom stereocenters. The van der Waals surface area contributed by atoms with Crippen LogP contribution in [0, 0.1) is 0 Å². The molecule has 0 bridgehead atoms. The fourth-order valence-corrected chi connectivity index (χ4v) is 5.25. The molecule has 3 aromatic rings. The van der Waals surface area contributed by atoms with E-state index >= 15 is 0 Å². The van der Waals surface area contributed by atoms with Crippen molar-refractivity contribution in [1.82, 2.24) is 5.01 Å². The molecule has 0 aliphatic carbocycles. The van der Waals surface area contributed by atoms with Gasteiger partial charge in [-0.15, -0.1) is 0 Å². The molecule has 0 amide bonds. The Balaban J connectivity index is 1.90. The summed E-state index contributed by atoms with van der Waals surface area (Å²) in [5, 5.41) is 9.32. The van der Waals surface area contributed by atoms with Crippen molar-refractivity contribution in [3.63, 3.8) is 0 Å². The zero-order valence-corrected chi connectivity index (χ0v) is 13.0. The number of anilines is 1. The van der Waals surface area contributed by atoms with Crippen LogP contribution in [0.2, 0.25) is 0 Å². The molecule has 0 fully saturated rings. The third kappa shape index (κ3) is 1.76. The van der Waals surface area contributed by atoms with E-state index < -0.39 is 0 Å². The van der Waals surface area contributed by atoms with Gasteiger partial charge < -0.3 is 0 Å². The van der Waals surface area contributed by atoms with E-state index in [2.05, 4.69) is 64.4 Å². The first-order valence-corrected chi connectivity index (χ1v) is 8.54. The second-order valence-corrected chi connectivity index (χ2v) is 7.12. The second-order valence-electron chi connectivity index (χ2n) is 4.92. The molecule has 1 aliphatic rings. The quantitative estimate of drug-likeness (QED) is 0.673. The van der Waals surface area contributed by atoms with Crippen molar-refractivity contribution in [3.05, 3.63) is 42.5 Å². The van der Waals surface area contributed by atoms with Crippen LogP contribution in [0.4, 0.5) is 5.69 Å². The fourth-order valence-electron chi connectivity index (χ4n) is 2.66. The van der Waals surface area contributed by atoms with Gasteiger partial charge in [0.25, 0.3) is 0 Å². The van der Waals surface area contributed by atoms with Crippen LogP contribution in [0.25, 0.3) is 19.3 Å². The van der Waals surface area contributed by atoms with E-state index in [1.165, 1.54) is 25.0 Å². The van der Waals surface area contributed by atoms with Gasteiger partial charge in [0.2, 0.25) is 0 Å². The van der Waals surface area contributed by atoms with Gasteiger partial charge in [0, 0.05) is 0 Å². The SMILES string of the molecule is CCN1CN(c2cccc3c2[se]c2ccccc23)C=N1. The maximum atomic E-state index is 4.43. The molecule has 20 heavy (non-hydrogen) atoms. The molecular weight excluding hydrogens is 313 g/mol. The number of hydrazone groups is 1. The second kappa shape index (κ2) is 4.65. The Morgan fingerprint density at radius 2 is 1.95 bits per heavy atom. The molecule has 100 valence electrons.